The van der Waals surface area contributed by atoms with Crippen LogP contribution in [0.1, 0.15) is 83.1 Å². The molecule has 0 bridgehead atoms. The van der Waals surface area contributed by atoms with E-state index < -0.39 is 5.97 Å². The Hall–Kier alpha value is -1.85. The predicted octanol–water partition coefficient (Wildman–Crippen LogP) is 5.50. The Labute approximate surface area is 156 Å². The highest BCUT2D eigenvalue weighted by Crippen LogP contribution is 1.93. The van der Waals surface area contributed by atoms with Crippen molar-refractivity contribution in [3.63, 3.8) is 0 Å². The van der Waals surface area contributed by atoms with Crippen LogP contribution in [0.5, 0.6) is 0 Å². The second-order valence-corrected chi connectivity index (χ2v) is 3.98. The summed E-state index contributed by atoms with van der Waals surface area (Å²) >= 11 is 0. The Morgan fingerprint density at radius 1 is 0.880 bits per heavy atom. The molecule has 0 aromatic carbocycles. The molecule has 0 unspecified atom stereocenters. The van der Waals surface area contributed by atoms with Crippen molar-refractivity contribution < 1.29 is 29.0 Å². The van der Waals surface area contributed by atoms with Gasteiger partial charge in [-0.3, -0.25) is 14.4 Å². The highest BCUT2D eigenvalue weighted by Gasteiger charge is 1.90. The molecule has 6 heteroatoms. The van der Waals surface area contributed by atoms with Crippen LogP contribution in [-0.2, 0) is 23.9 Å². The van der Waals surface area contributed by atoms with E-state index in [9.17, 15) is 9.59 Å². The van der Waals surface area contributed by atoms with Gasteiger partial charge in [0.25, 0.3) is 5.97 Å². The van der Waals surface area contributed by atoms with Gasteiger partial charge in [-0.05, 0) is 12.8 Å². The molecule has 0 atom stereocenters. The number of unbranched alkanes of at least 4 members (excludes halogenated alkanes) is 2. The first-order valence-electron chi connectivity index (χ1n) is 6.85. The van der Waals surface area contributed by atoms with Gasteiger partial charge in [-0.1, -0.05) is 55.5 Å². The monoisotopic (exact) mass is 368 g/mol. The third-order valence-corrected chi connectivity index (χ3v) is 1.68. The molecule has 156 valence electrons. The molecule has 1 N–H and O–H groups in total. The molecule has 0 aliphatic carbocycles. The molecule has 0 fully saturated rings. The third-order valence-electron chi connectivity index (χ3n) is 1.68. The average molecular weight is 369 g/mol. The first-order chi connectivity index (χ1) is 9.77. The molecule has 0 spiro atoms. The van der Waals surface area contributed by atoms with Gasteiger partial charge in [-0.2, -0.15) is 0 Å². The number of rotatable bonds is 7. The largest absolute Gasteiger partial charge is 0.481 e. The van der Waals surface area contributed by atoms with Crippen molar-refractivity contribution in [2.75, 3.05) is 13.2 Å². The Morgan fingerprint density at radius 2 is 1.24 bits per heavy atom. The minimum absolute atomic E-state index is 0. The maximum Gasteiger partial charge on any atom is 0.302 e. The van der Waals surface area contributed by atoms with Crippen molar-refractivity contribution >= 4 is 17.9 Å². The normalized spacial score (nSPS) is 6.88. The number of hydrogen-bond donors (Lipinski definition) is 1. The van der Waals surface area contributed by atoms with E-state index in [0.29, 0.717) is 13.2 Å². The fraction of sp³-hybridized carbons (Fsp3) is 0.737. The summed E-state index contributed by atoms with van der Waals surface area (Å²) in [7, 11) is 0. The average Bonchev–Trinajstić information content (AvgIpc) is 2.34. The topological polar surface area (TPSA) is 89.9 Å². The highest BCUT2D eigenvalue weighted by molar-refractivity contribution is 5.66. The number of ether oxygens (including phenoxy) is 2. The fourth-order valence-corrected chi connectivity index (χ4v) is 0.854. The molecule has 0 saturated carbocycles. The summed E-state index contributed by atoms with van der Waals surface area (Å²) in [6.45, 7) is 10.5. The van der Waals surface area contributed by atoms with E-state index >= 15 is 0 Å². The lowest BCUT2D eigenvalue weighted by atomic mass is 10.3. The third kappa shape index (κ3) is 107. The number of esters is 2. The quantitative estimate of drug-likeness (QED) is 0.362. The Kier molecular flexibility index (Phi) is 66.2. The van der Waals surface area contributed by atoms with Crippen LogP contribution in [0.25, 0.3) is 0 Å². The van der Waals surface area contributed by atoms with Crippen LogP contribution in [-0.4, -0.2) is 36.2 Å². The van der Waals surface area contributed by atoms with Crippen LogP contribution >= 0.6 is 0 Å². The fourth-order valence-electron chi connectivity index (χ4n) is 0.854. The zero-order chi connectivity index (χ0) is 17.1. The van der Waals surface area contributed by atoms with Gasteiger partial charge in [0.1, 0.15) is 0 Å². The second-order valence-electron chi connectivity index (χ2n) is 3.98. The predicted molar refractivity (Wildman–Crippen MR) is 108 cm³/mol. The molecule has 0 radical (unpaired) electrons. The van der Waals surface area contributed by atoms with Crippen molar-refractivity contribution in [3.05, 3.63) is 12.7 Å². The van der Waals surface area contributed by atoms with Crippen LogP contribution in [0.3, 0.4) is 0 Å². The van der Waals surface area contributed by atoms with Crippen molar-refractivity contribution in [1.82, 2.24) is 0 Å². The van der Waals surface area contributed by atoms with Gasteiger partial charge in [0.15, 0.2) is 0 Å². The maximum absolute atomic E-state index is 10.2. The molecule has 0 amide bonds. The van der Waals surface area contributed by atoms with Gasteiger partial charge in [0, 0.05) is 20.8 Å². The Morgan fingerprint density at radius 3 is 1.52 bits per heavy atom. The molecule has 6 nitrogen and oxygen atoms in total. The van der Waals surface area contributed by atoms with Crippen LogP contribution in [0.4, 0.5) is 0 Å². The smallest absolute Gasteiger partial charge is 0.302 e. The van der Waals surface area contributed by atoms with Crippen LogP contribution in [0, 0.1) is 0 Å². The minimum Gasteiger partial charge on any atom is -0.481 e. The van der Waals surface area contributed by atoms with E-state index in [1.165, 1.54) is 20.3 Å². The molecule has 0 aliphatic heterocycles. The van der Waals surface area contributed by atoms with Gasteiger partial charge in [0.05, 0.1) is 13.2 Å². The summed E-state index contributed by atoms with van der Waals surface area (Å²) in [5.74, 6) is -1.24. The number of carboxylic acids is 1. The Bertz CT molecular complexity index is 284. The number of carbonyl (C=O) groups is 3. The molecular weight excluding hydrogens is 324 g/mol. The van der Waals surface area contributed by atoms with Gasteiger partial charge in [-0.25, -0.2) is 0 Å². The van der Waals surface area contributed by atoms with E-state index in [1.54, 1.807) is 6.08 Å². The van der Waals surface area contributed by atoms with E-state index in [4.69, 9.17) is 14.6 Å². The van der Waals surface area contributed by atoms with Gasteiger partial charge < -0.3 is 14.6 Å². The lowest BCUT2D eigenvalue weighted by molar-refractivity contribution is -0.141. The summed E-state index contributed by atoms with van der Waals surface area (Å²) in [5, 5.41) is 7.42. The lowest BCUT2D eigenvalue weighted by Crippen LogP contribution is -1.99. The van der Waals surface area contributed by atoms with Gasteiger partial charge in [-0.15, -0.1) is 6.58 Å². The second kappa shape index (κ2) is 38.0. The van der Waals surface area contributed by atoms with Gasteiger partial charge in [0.2, 0.25) is 0 Å². The Balaban J connectivity index is -0.0000000380. The van der Waals surface area contributed by atoms with Crippen molar-refractivity contribution in [3.8, 4) is 0 Å². The minimum atomic E-state index is -0.833. The first-order valence-corrected chi connectivity index (χ1v) is 6.85. The van der Waals surface area contributed by atoms with Gasteiger partial charge >= 0.3 is 11.9 Å². The standard InChI is InChI=1S/C7H14O2.C6H10O2.C2H4O2.4CH4/c1-3-4-5-6-9-7(2)8;1-3-4-5-8-6(2)7;1-2(3)4;;;;/h3-6H2,1-2H3;3H,1,4-5H2,2H3;1H3,(H,3,4);4*1H4. The number of aliphatic carboxylic acids is 1. The summed E-state index contributed by atoms with van der Waals surface area (Å²) in [5.41, 5.74) is 0. The first kappa shape index (κ1) is 43.5. The zero-order valence-electron chi connectivity index (χ0n) is 13.5. The summed E-state index contributed by atoms with van der Waals surface area (Å²) < 4.78 is 9.28. The SMILES string of the molecule is C.C.C.C.C=CCCOC(C)=O.CC(=O)O.CCCCCOC(C)=O. The van der Waals surface area contributed by atoms with Crippen LogP contribution < -0.4 is 0 Å². The van der Waals surface area contributed by atoms with Crippen LogP contribution in [0.2, 0.25) is 0 Å². The zero-order valence-corrected chi connectivity index (χ0v) is 13.5. The molecule has 0 aliphatic rings. The molecule has 0 heterocycles. The number of carbonyl (C=O) groups excluding carboxylic acids is 2. The molecular formula is C19H44O6. The summed E-state index contributed by atoms with van der Waals surface area (Å²) in [4.78, 5) is 29.2. The maximum atomic E-state index is 10.2. The van der Waals surface area contributed by atoms with E-state index in [1.807, 2.05) is 0 Å². The molecule has 25 heavy (non-hydrogen) atoms. The van der Waals surface area contributed by atoms with Crippen molar-refractivity contribution in [2.24, 2.45) is 0 Å². The summed E-state index contributed by atoms with van der Waals surface area (Å²) in [6.07, 6.45) is 5.76. The lowest BCUT2D eigenvalue weighted by Gasteiger charge is -1.98. The molecule has 0 rings (SSSR count). The van der Waals surface area contributed by atoms with Crippen LogP contribution in [0.15, 0.2) is 12.7 Å². The number of carboxylic acid groups (broad SMARTS) is 1. The number of hydrogen-bond acceptors (Lipinski definition) is 5. The highest BCUT2D eigenvalue weighted by atomic mass is 16.5. The van der Waals surface area contributed by atoms with Crippen molar-refractivity contribution in [2.45, 2.75) is 83.1 Å². The van der Waals surface area contributed by atoms with Crippen molar-refractivity contribution in [1.29, 1.82) is 0 Å². The molecule has 0 aromatic rings. The van der Waals surface area contributed by atoms with E-state index in [2.05, 4.69) is 18.2 Å². The molecule has 0 aromatic heterocycles. The van der Waals surface area contributed by atoms with E-state index in [0.717, 1.165) is 26.2 Å². The summed E-state index contributed by atoms with van der Waals surface area (Å²) in [6, 6.07) is 0. The molecule has 0 saturated heterocycles. The van der Waals surface area contributed by atoms with E-state index in [-0.39, 0.29) is 41.6 Å².